The van der Waals surface area contributed by atoms with Crippen LogP contribution in [0.25, 0.3) is 0 Å². The molecule has 0 atom stereocenters. The van der Waals surface area contributed by atoms with Gasteiger partial charge < -0.3 is 16.2 Å². The Morgan fingerprint density at radius 2 is 2.00 bits per heavy atom. The van der Waals surface area contributed by atoms with Gasteiger partial charge >= 0.3 is 5.97 Å². The summed E-state index contributed by atoms with van der Waals surface area (Å²) in [5, 5.41) is 12.5. The lowest BCUT2D eigenvalue weighted by molar-refractivity contribution is 0.0696. The normalized spacial score (nSPS) is 16.5. The largest absolute Gasteiger partial charge is 0.478 e. The fourth-order valence-corrected chi connectivity index (χ4v) is 2.55. The van der Waals surface area contributed by atoms with Gasteiger partial charge in [-0.25, -0.2) is 4.79 Å². The average molecular weight is 248 g/mol. The summed E-state index contributed by atoms with van der Waals surface area (Å²) in [6.45, 7) is 1.75. The molecular weight excluding hydrogens is 228 g/mol. The van der Waals surface area contributed by atoms with Crippen LogP contribution in [-0.2, 0) is 0 Å². The smallest absolute Gasteiger partial charge is 0.336 e. The molecule has 0 heterocycles. The number of carbonyl (C=O) groups is 1. The number of aromatic carboxylic acids is 1. The van der Waals surface area contributed by atoms with Gasteiger partial charge in [-0.15, -0.1) is 0 Å². The summed E-state index contributed by atoms with van der Waals surface area (Å²) < 4.78 is 0. The summed E-state index contributed by atoms with van der Waals surface area (Å²) in [6, 6.07) is 3.87. The van der Waals surface area contributed by atoms with Gasteiger partial charge in [0.1, 0.15) is 0 Å². The van der Waals surface area contributed by atoms with Gasteiger partial charge in [-0.3, -0.25) is 0 Å². The van der Waals surface area contributed by atoms with E-state index in [2.05, 4.69) is 5.32 Å². The topological polar surface area (TPSA) is 75.3 Å². The molecule has 1 aliphatic carbocycles. The van der Waals surface area contributed by atoms with Crippen molar-refractivity contribution in [3.63, 3.8) is 0 Å². The van der Waals surface area contributed by atoms with Crippen LogP contribution in [0.3, 0.4) is 0 Å². The molecule has 1 aromatic rings. The molecule has 0 radical (unpaired) electrons. The number of nitrogen functional groups attached to an aromatic ring is 1. The van der Waals surface area contributed by atoms with Crippen LogP contribution in [-0.4, -0.2) is 17.1 Å². The highest BCUT2D eigenvalue weighted by Gasteiger charge is 2.16. The van der Waals surface area contributed by atoms with Gasteiger partial charge in [0.2, 0.25) is 0 Å². The number of rotatable bonds is 3. The van der Waals surface area contributed by atoms with E-state index in [-0.39, 0.29) is 5.56 Å². The number of anilines is 2. The summed E-state index contributed by atoms with van der Waals surface area (Å²) in [6.07, 6.45) is 6.15. The number of hydrogen-bond donors (Lipinski definition) is 3. The molecule has 4 nitrogen and oxygen atoms in total. The fourth-order valence-electron chi connectivity index (χ4n) is 2.55. The highest BCUT2D eigenvalue weighted by Crippen LogP contribution is 2.29. The van der Waals surface area contributed by atoms with Crippen molar-refractivity contribution in [2.45, 2.75) is 45.1 Å². The van der Waals surface area contributed by atoms with Crippen molar-refractivity contribution in [3.05, 3.63) is 23.3 Å². The van der Waals surface area contributed by atoms with Crippen LogP contribution in [0, 0.1) is 6.92 Å². The molecule has 4 heteroatoms. The molecule has 0 amide bonds. The first-order valence-corrected chi connectivity index (χ1v) is 6.48. The van der Waals surface area contributed by atoms with E-state index in [1.54, 1.807) is 19.1 Å². The van der Waals surface area contributed by atoms with Gasteiger partial charge in [0.25, 0.3) is 0 Å². The molecule has 2 rings (SSSR count). The maximum atomic E-state index is 11.0. The van der Waals surface area contributed by atoms with Crippen molar-refractivity contribution >= 4 is 17.3 Å². The summed E-state index contributed by atoms with van der Waals surface area (Å²) in [4.78, 5) is 11.0. The number of carboxylic acid groups (broad SMARTS) is 1. The average Bonchev–Trinajstić information content (AvgIpc) is 2.36. The second-order valence-electron chi connectivity index (χ2n) is 4.98. The van der Waals surface area contributed by atoms with E-state index in [0.29, 0.717) is 17.3 Å². The zero-order chi connectivity index (χ0) is 13.1. The zero-order valence-corrected chi connectivity index (χ0v) is 10.7. The Hall–Kier alpha value is -1.71. The zero-order valence-electron chi connectivity index (χ0n) is 10.7. The molecule has 0 bridgehead atoms. The second-order valence-corrected chi connectivity index (χ2v) is 4.98. The van der Waals surface area contributed by atoms with Crippen molar-refractivity contribution in [1.82, 2.24) is 0 Å². The van der Waals surface area contributed by atoms with E-state index in [9.17, 15) is 4.79 Å². The monoisotopic (exact) mass is 248 g/mol. The van der Waals surface area contributed by atoms with Crippen LogP contribution in [0.2, 0.25) is 0 Å². The summed E-state index contributed by atoms with van der Waals surface area (Å²) in [7, 11) is 0. The van der Waals surface area contributed by atoms with E-state index in [1.807, 2.05) is 0 Å². The minimum absolute atomic E-state index is 0.279. The van der Waals surface area contributed by atoms with Crippen molar-refractivity contribution in [2.24, 2.45) is 0 Å². The van der Waals surface area contributed by atoms with Crippen LogP contribution >= 0.6 is 0 Å². The predicted octanol–water partition coefficient (Wildman–Crippen LogP) is 3.02. The first kappa shape index (κ1) is 12.7. The van der Waals surface area contributed by atoms with Crippen molar-refractivity contribution in [1.29, 1.82) is 0 Å². The van der Waals surface area contributed by atoms with E-state index in [1.165, 1.54) is 32.1 Å². The maximum Gasteiger partial charge on any atom is 0.336 e. The number of nitrogens with two attached hydrogens (primary N) is 1. The number of benzene rings is 1. The molecule has 0 saturated heterocycles. The molecule has 18 heavy (non-hydrogen) atoms. The Morgan fingerprint density at radius 1 is 1.33 bits per heavy atom. The highest BCUT2D eigenvalue weighted by molar-refractivity contribution is 5.93. The van der Waals surface area contributed by atoms with Gasteiger partial charge in [0.05, 0.1) is 16.9 Å². The van der Waals surface area contributed by atoms with Crippen LogP contribution in [0.4, 0.5) is 11.4 Å². The number of nitrogens with one attached hydrogen (secondary N) is 1. The molecule has 1 aromatic carbocycles. The summed E-state index contributed by atoms with van der Waals surface area (Å²) >= 11 is 0. The minimum Gasteiger partial charge on any atom is -0.478 e. The molecule has 0 aliphatic heterocycles. The van der Waals surface area contributed by atoms with Crippen molar-refractivity contribution < 1.29 is 9.90 Å². The lowest BCUT2D eigenvalue weighted by Gasteiger charge is -2.25. The molecule has 98 valence electrons. The van der Waals surface area contributed by atoms with Gasteiger partial charge in [0, 0.05) is 6.04 Å². The highest BCUT2D eigenvalue weighted by atomic mass is 16.4. The van der Waals surface area contributed by atoms with Crippen molar-refractivity contribution in [3.8, 4) is 0 Å². The van der Waals surface area contributed by atoms with E-state index >= 15 is 0 Å². The third-order valence-corrected chi connectivity index (χ3v) is 3.71. The molecule has 0 spiro atoms. The first-order valence-electron chi connectivity index (χ1n) is 6.48. The van der Waals surface area contributed by atoms with Crippen LogP contribution in [0.1, 0.15) is 48.0 Å². The van der Waals surface area contributed by atoms with Crippen LogP contribution < -0.4 is 11.1 Å². The Balaban J connectivity index is 2.18. The minimum atomic E-state index is -0.927. The molecule has 0 aromatic heterocycles. The lowest BCUT2D eigenvalue weighted by Crippen LogP contribution is -2.23. The van der Waals surface area contributed by atoms with Gasteiger partial charge in [-0.05, 0) is 37.5 Å². The molecule has 4 N–H and O–H groups in total. The second kappa shape index (κ2) is 5.29. The number of carboxylic acids is 1. The summed E-state index contributed by atoms with van der Waals surface area (Å²) in [5.74, 6) is -0.927. The van der Waals surface area contributed by atoms with Crippen LogP contribution in [0.5, 0.6) is 0 Å². The molecular formula is C14H20N2O2. The Kier molecular flexibility index (Phi) is 3.75. The van der Waals surface area contributed by atoms with E-state index in [0.717, 1.165) is 5.69 Å². The third-order valence-electron chi connectivity index (χ3n) is 3.71. The Labute approximate surface area is 107 Å². The fraction of sp³-hybridized carbons (Fsp3) is 0.500. The van der Waals surface area contributed by atoms with Gasteiger partial charge in [-0.1, -0.05) is 19.3 Å². The molecule has 1 aliphatic rings. The molecule has 1 fully saturated rings. The first-order chi connectivity index (χ1) is 8.59. The quantitative estimate of drug-likeness (QED) is 0.719. The third kappa shape index (κ3) is 2.58. The SMILES string of the molecule is Cc1c(C(=O)O)ccc(NC2CCCCC2)c1N. The lowest BCUT2D eigenvalue weighted by atomic mass is 9.95. The van der Waals surface area contributed by atoms with E-state index in [4.69, 9.17) is 10.8 Å². The molecule has 1 saturated carbocycles. The Bertz CT molecular complexity index is 451. The Morgan fingerprint density at radius 3 is 2.61 bits per heavy atom. The maximum absolute atomic E-state index is 11.0. The standard InChI is InChI=1S/C14H20N2O2/c1-9-11(14(17)18)7-8-12(13(9)15)16-10-5-3-2-4-6-10/h7-8,10,16H,2-6,15H2,1H3,(H,17,18). The predicted molar refractivity (Wildman–Crippen MR) is 73.0 cm³/mol. The molecule has 0 unspecified atom stereocenters. The summed E-state index contributed by atoms with van der Waals surface area (Å²) in [5.41, 5.74) is 8.36. The van der Waals surface area contributed by atoms with Crippen LogP contribution in [0.15, 0.2) is 12.1 Å². The van der Waals surface area contributed by atoms with Gasteiger partial charge in [0.15, 0.2) is 0 Å². The van der Waals surface area contributed by atoms with E-state index < -0.39 is 5.97 Å². The number of hydrogen-bond acceptors (Lipinski definition) is 3. The van der Waals surface area contributed by atoms with Crippen molar-refractivity contribution in [2.75, 3.05) is 11.1 Å². The van der Waals surface area contributed by atoms with Gasteiger partial charge in [-0.2, -0.15) is 0 Å².